The van der Waals surface area contributed by atoms with E-state index < -0.39 is 0 Å². The Morgan fingerprint density at radius 2 is 1.32 bits per heavy atom. The molecule has 0 spiro atoms. The highest BCUT2D eigenvalue weighted by Crippen LogP contribution is 2.26. The zero-order chi connectivity index (χ0) is 17.4. The molecule has 0 radical (unpaired) electrons. The Bertz CT molecular complexity index is 818. The molecule has 4 heteroatoms. The first kappa shape index (κ1) is 15.9. The highest BCUT2D eigenvalue weighted by Gasteiger charge is 2.24. The molecule has 2 aliphatic carbocycles. The molecular weight excluding hydrogens is 312 g/mol. The molecule has 0 bridgehead atoms. The van der Waals surface area contributed by atoms with Crippen molar-refractivity contribution < 1.29 is 9.59 Å². The third-order valence-electron chi connectivity index (χ3n) is 4.78. The van der Waals surface area contributed by atoms with Gasteiger partial charge in [-0.2, -0.15) is 0 Å². The second kappa shape index (κ2) is 6.36. The van der Waals surface area contributed by atoms with E-state index in [4.69, 9.17) is 0 Å². The van der Waals surface area contributed by atoms with Crippen molar-refractivity contribution >= 4 is 11.8 Å². The number of amides is 2. The van der Waals surface area contributed by atoms with Crippen LogP contribution in [0, 0.1) is 6.92 Å². The molecule has 2 amide bonds. The molecule has 2 aliphatic rings. The van der Waals surface area contributed by atoms with Crippen LogP contribution in [0.15, 0.2) is 42.5 Å². The fourth-order valence-electron chi connectivity index (χ4n) is 2.87. The summed E-state index contributed by atoms with van der Waals surface area (Å²) in [7, 11) is 0. The SMILES string of the molecule is Cc1ccc(C(=O)NC2CC2)cc1-c1ccc(C(=O)NC2CC2)cc1. The predicted molar refractivity (Wildman–Crippen MR) is 97.6 cm³/mol. The Hall–Kier alpha value is -2.62. The van der Waals surface area contributed by atoms with Crippen molar-refractivity contribution in [2.45, 2.75) is 44.7 Å². The number of hydrogen-bond donors (Lipinski definition) is 2. The van der Waals surface area contributed by atoms with Crippen molar-refractivity contribution in [2.75, 3.05) is 0 Å². The zero-order valence-corrected chi connectivity index (χ0v) is 14.3. The number of hydrogen-bond acceptors (Lipinski definition) is 2. The Morgan fingerprint density at radius 3 is 1.88 bits per heavy atom. The number of aryl methyl sites for hydroxylation is 1. The van der Waals surface area contributed by atoms with Gasteiger partial charge in [-0.15, -0.1) is 0 Å². The van der Waals surface area contributed by atoms with Crippen LogP contribution in [0.5, 0.6) is 0 Å². The number of rotatable bonds is 5. The molecule has 4 nitrogen and oxygen atoms in total. The summed E-state index contributed by atoms with van der Waals surface area (Å²) in [5.74, 6) is -0.0208. The average Bonchev–Trinajstić information content (AvgIpc) is 3.52. The van der Waals surface area contributed by atoms with Crippen LogP contribution in [-0.4, -0.2) is 23.9 Å². The zero-order valence-electron chi connectivity index (χ0n) is 14.3. The molecule has 2 aromatic carbocycles. The molecule has 2 N–H and O–H groups in total. The molecule has 0 aromatic heterocycles. The summed E-state index contributed by atoms with van der Waals surface area (Å²) < 4.78 is 0. The van der Waals surface area contributed by atoms with Crippen LogP contribution in [0.3, 0.4) is 0 Å². The van der Waals surface area contributed by atoms with Gasteiger partial charge >= 0.3 is 0 Å². The van der Waals surface area contributed by atoms with Crippen LogP contribution in [-0.2, 0) is 0 Å². The van der Waals surface area contributed by atoms with Gasteiger partial charge < -0.3 is 10.6 Å². The van der Waals surface area contributed by atoms with Crippen LogP contribution >= 0.6 is 0 Å². The van der Waals surface area contributed by atoms with Crippen LogP contribution in [0.4, 0.5) is 0 Å². The molecule has 4 rings (SSSR count). The maximum absolute atomic E-state index is 12.3. The minimum atomic E-state index is -0.0108. The smallest absolute Gasteiger partial charge is 0.251 e. The van der Waals surface area contributed by atoms with Crippen LogP contribution in [0.1, 0.15) is 52.0 Å². The number of carbonyl (C=O) groups is 2. The first-order chi connectivity index (χ1) is 12.1. The third-order valence-corrected chi connectivity index (χ3v) is 4.78. The number of nitrogens with one attached hydrogen (secondary N) is 2. The van der Waals surface area contributed by atoms with E-state index in [0.29, 0.717) is 23.2 Å². The van der Waals surface area contributed by atoms with Gasteiger partial charge in [0.25, 0.3) is 11.8 Å². The van der Waals surface area contributed by atoms with Crippen molar-refractivity contribution in [1.29, 1.82) is 0 Å². The molecule has 0 unspecified atom stereocenters. The van der Waals surface area contributed by atoms with Crippen molar-refractivity contribution in [3.63, 3.8) is 0 Å². The number of carbonyl (C=O) groups excluding carboxylic acids is 2. The molecular formula is C21H22N2O2. The lowest BCUT2D eigenvalue weighted by Crippen LogP contribution is -2.25. The van der Waals surface area contributed by atoms with E-state index in [9.17, 15) is 9.59 Å². The van der Waals surface area contributed by atoms with Crippen molar-refractivity contribution in [2.24, 2.45) is 0 Å². The summed E-state index contributed by atoms with van der Waals surface area (Å²) >= 11 is 0. The molecule has 2 saturated carbocycles. The highest BCUT2D eigenvalue weighted by molar-refractivity contribution is 5.97. The summed E-state index contributed by atoms with van der Waals surface area (Å²) in [4.78, 5) is 24.4. The van der Waals surface area contributed by atoms with Gasteiger partial charge in [0.15, 0.2) is 0 Å². The van der Waals surface area contributed by atoms with E-state index in [1.807, 2.05) is 49.4 Å². The standard InChI is InChI=1S/C21H22N2O2/c1-13-2-3-16(21(25)23-18-10-11-18)12-19(13)14-4-6-15(7-5-14)20(24)22-17-8-9-17/h2-7,12,17-18H,8-11H2,1H3,(H,22,24)(H,23,25). The van der Waals surface area contributed by atoms with Crippen LogP contribution < -0.4 is 10.6 Å². The minimum absolute atomic E-state index is 0.0100. The van der Waals surface area contributed by atoms with E-state index in [-0.39, 0.29) is 11.8 Å². The minimum Gasteiger partial charge on any atom is -0.349 e. The van der Waals surface area contributed by atoms with Crippen LogP contribution in [0.2, 0.25) is 0 Å². The van der Waals surface area contributed by atoms with Gasteiger partial charge in [0.05, 0.1) is 0 Å². The summed E-state index contributed by atoms with van der Waals surface area (Å²) in [6, 6.07) is 14.1. The maximum atomic E-state index is 12.3. The fraction of sp³-hybridized carbons (Fsp3) is 0.333. The highest BCUT2D eigenvalue weighted by atomic mass is 16.2. The second-order valence-electron chi connectivity index (χ2n) is 7.10. The monoisotopic (exact) mass is 334 g/mol. The second-order valence-corrected chi connectivity index (χ2v) is 7.10. The Balaban J connectivity index is 1.55. The van der Waals surface area contributed by atoms with Gasteiger partial charge in [-0.25, -0.2) is 0 Å². The molecule has 2 aromatic rings. The fourth-order valence-corrected chi connectivity index (χ4v) is 2.87. The molecule has 0 aliphatic heterocycles. The van der Waals surface area contributed by atoms with E-state index >= 15 is 0 Å². The first-order valence-electron chi connectivity index (χ1n) is 8.93. The lowest BCUT2D eigenvalue weighted by Gasteiger charge is -2.10. The van der Waals surface area contributed by atoms with Gasteiger partial charge in [0.2, 0.25) is 0 Å². The third kappa shape index (κ3) is 3.73. The first-order valence-corrected chi connectivity index (χ1v) is 8.93. The molecule has 25 heavy (non-hydrogen) atoms. The molecule has 128 valence electrons. The van der Waals surface area contributed by atoms with Gasteiger partial charge in [-0.3, -0.25) is 9.59 Å². The van der Waals surface area contributed by atoms with Crippen LogP contribution in [0.25, 0.3) is 11.1 Å². The van der Waals surface area contributed by atoms with E-state index in [0.717, 1.165) is 42.4 Å². The lowest BCUT2D eigenvalue weighted by atomic mass is 9.97. The van der Waals surface area contributed by atoms with Crippen molar-refractivity contribution in [1.82, 2.24) is 10.6 Å². The van der Waals surface area contributed by atoms with Crippen molar-refractivity contribution in [3.8, 4) is 11.1 Å². The Labute approximate surface area is 147 Å². The topological polar surface area (TPSA) is 58.2 Å². The average molecular weight is 334 g/mol. The normalized spacial score (nSPS) is 16.4. The van der Waals surface area contributed by atoms with E-state index in [2.05, 4.69) is 10.6 Å². The van der Waals surface area contributed by atoms with Crippen molar-refractivity contribution in [3.05, 3.63) is 59.2 Å². The summed E-state index contributed by atoms with van der Waals surface area (Å²) in [5, 5.41) is 6.02. The molecule has 0 atom stereocenters. The molecule has 0 saturated heterocycles. The summed E-state index contributed by atoms with van der Waals surface area (Å²) in [6.45, 7) is 2.03. The Morgan fingerprint density at radius 1 is 0.800 bits per heavy atom. The van der Waals surface area contributed by atoms with Gasteiger partial charge in [-0.1, -0.05) is 18.2 Å². The molecule has 2 fully saturated rings. The van der Waals surface area contributed by atoms with E-state index in [1.165, 1.54) is 0 Å². The Kier molecular flexibility index (Phi) is 4.04. The van der Waals surface area contributed by atoms with Gasteiger partial charge in [0.1, 0.15) is 0 Å². The maximum Gasteiger partial charge on any atom is 0.251 e. The van der Waals surface area contributed by atoms with Gasteiger partial charge in [0, 0.05) is 23.2 Å². The predicted octanol–water partition coefficient (Wildman–Crippen LogP) is 3.45. The quantitative estimate of drug-likeness (QED) is 0.880. The summed E-state index contributed by atoms with van der Waals surface area (Å²) in [6.07, 6.45) is 4.32. The summed E-state index contributed by atoms with van der Waals surface area (Å²) in [5.41, 5.74) is 4.51. The largest absolute Gasteiger partial charge is 0.349 e. The van der Waals surface area contributed by atoms with E-state index in [1.54, 1.807) is 0 Å². The molecule has 0 heterocycles. The number of benzene rings is 2. The lowest BCUT2D eigenvalue weighted by molar-refractivity contribution is 0.0942. The van der Waals surface area contributed by atoms with Gasteiger partial charge in [-0.05, 0) is 73.6 Å².